The fraction of sp³-hybridized carbons (Fsp3) is 0.444. The lowest BCUT2D eigenvalue weighted by Crippen LogP contribution is -3.14. The van der Waals surface area contributed by atoms with Crippen molar-refractivity contribution in [2.75, 3.05) is 46.0 Å². The van der Waals surface area contributed by atoms with E-state index in [1.165, 1.54) is 11.0 Å². The zero-order valence-electron chi connectivity index (χ0n) is 14.3. The zero-order chi connectivity index (χ0) is 17.6. The van der Waals surface area contributed by atoms with Crippen LogP contribution in [0.25, 0.3) is 11.0 Å². The second-order valence-corrected chi connectivity index (χ2v) is 6.16. The first-order valence-corrected chi connectivity index (χ1v) is 8.47. The number of hydrogen-bond donors (Lipinski definition) is 2. The van der Waals surface area contributed by atoms with Gasteiger partial charge in [0.25, 0.3) is 5.91 Å². The number of fused-ring (bicyclic) bond motifs is 1. The van der Waals surface area contributed by atoms with Gasteiger partial charge in [0.1, 0.15) is 24.4 Å². The molecule has 1 aromatic carbocycles. The number of carbonyl (C=O) groups excluding carboxylic acids is 1. The quantitative estimate of drug-likeness (QED) is 0.690. The molecule has 7 nitrogen and oxygen atoms in total. The normalized spacial score (nSPS) is 15.2. The molecule has 0 atom stereocenters. The van der Waals surface area contributed by atoms with Crippen molar-refractivity contribution in [3.8, 4) is 5.75 Å². The van der Waals surface area contributed by atoms with E-state index in [0.29, 0.717) is 17.9 Å². The SMILES string of the molecule is Cc1cc(=O)oc2cc(OCC(=O)NCC[NH+]3CCOCC3)ccc12. The fourth-order valence-electron chi connectivity index (χ4n) is 2.88. The van der Waals surface area contributed by atoms with Gasteiger partial charge in [-0.15, -0.1) is 0 Å². The topological polar surface area (TPSA) is 82.2 Å². The molecule has 7 heteroatoms. The largest absolute Gasteiger partial charge is 0.484 e. The van der Waals surface area contributed by atoms with Gasteiger partial charge in [-0.2, -0.15) is 0 Å². The van der Waals surface area contributed by atoms with Gasteiger partial charge >= 0.3 is 5.63 Å². The molecule has 2 aromatic rings. The Labute approximate surface area is 145 Å². The highest BCUT2D eigenvalue weighted by molar-refractivity contribution is 5.81. The maximum atomic E-state index is 11.9. The molecule has 1 amide bonds. The van der Waals surface area contributed by atoms with Crippen LogP contribution in [0.3, 0.4) is 0 Å². The summed E-state index contributed by atoms with van der Waals surface area (Å²) in [5, 5.41) is 3.71. The molecule has 1 fully saturated rings. The number of nitrogens with one attached hydrogen (secondary N) is 2. The first-order chi connectivity index (χ1) is 12.1. The minimum absolute atomic E-state index is 0.0694. The van der Waals surface area contributed by atoms with Crippen molar-refractivity contribution in [3.63, 3.8) is 0 Å². The Hall–Kier alpha value is -2.38. The Morgan fingerprint density at radius 3 is 2.88 bits per heavy atom. The molecule has 0 bridgehead atoms. The Morgan fingerprint density at radius 2 is 2.08 bits per heavy atom. The number of morpholine rings is 1. The van der Waals surface area contributed by atoms with E-state index in [1.54, 1.807) is 12.1 Å². The third kappa shape index (κ3) is 4.80. The maximum absolute atomic E-state index is 11.9. The second-order valence-electron chi connectivity index (χ2n) is 6.16. The zero-order valence-corrected chi connectivity index (χ0v) is 14.3. The first kappa shape index (κ1) is 17.4. The summed E-state index contributed by atoms with van der Waals surface area (Å²) in [4.78, 5) is 24.8. The molecule has 0 radical (unpaired) electrons. The van der Waals surface area contributed by atoms with E-state index in [9.17, 15) is 9.59 Å². The van der Waals surface area contributed by atoms with Crippen LogP contribution < -0.4 is 20.6 Å². The van der Waals surface area contributed by atoms with Crippen LogP contribution >= 0.6 is 0 Å². The van der Waals surface area contributed by atoms with Gasteiger partial charge in [0.05, 0.1) is 26.3 Å². The number of aryl methyl sites for hydroxylation is 1. The van der Waals surface area contributed by atoms with Crippen molar-refractivity contribution >= 4 is 16.9 Å². The lowest BCUT2D eigenvalue weighted by molar-refractivity contribution is -0.906. The highest BCUT2D eigenvalue weighted by Gasteiger charge is 2.13. The third-order valence-corrected chi connectivity index (χ3v) is 4.29. The third-order valence-electron chi connectivity index (χ3n) is 4.29. The van der Waals surface area contributed by atoms with Crippen molar-refractivity contribution in [3.05, 3.63) is 40.2 Å². The molecule has 1 aromatic heterocycles. The first-order valence-electron chi connectivity index (χ1n) is 8.47. The van der Waals surface area contributed by atoms with Crippen LogP contribution in [0.4, 0.5) is 0 Å². The smallest absolute Gasteiger partial charge is 0.336 e. The summed E-state index contributed by atoms with van der Waals surface area (Å²) in [6, 6.07) is 6.67. The number of quaternary nitrogens is 1. The highest BCUT2D eigenvalue weighted by atomic mass is 16.5. The molecule has 1 aliphatic rings. The van der Waals surface area contributed by atoms with Crippen LogP contribution in [0.1, 0.15) is 5.56 Å². The number of amides is 1. The van der Waals surface area contributed by atoms with E-state index < -0.39 is 5.63 Å². The lowest BCUT2D eigenvalue weighted by atomic mass is 10.1. The molecule has 2 heterocycles. The van der Waals surface area contributed by atoms with Gasteiger partial charge in [0, 0.05) is 17.5 Å². The van der Waals surface area contributed by atoms with E-state index in [0.717, 1.165) is 43.8 Å². The van der Waals surface area contributed by atoms with Gasteiger partial charge < -0.3 is 24.1 Å². The molecular formula is C18H23N2O5+. The van der Waals surface area contributed by atoms with E-state index in [2.05, 4.69) is 5.32 Å². The van der Waals surface area contributed by atoms with Crippen LogP contribution in [-0.2, 0) is 9.53 Å². The summed E-state index contributed by atoms with van der Waals surface area (Å²) in [7, 11) is 0. The Kier molecular flexibility index (Phi) is 5.67. The van der Waals surface area contributed by atoms with Crippen LogP contribution in [0.5, 0.6) is 5.75 Å². The van der Waals surface area contributed by atoms with Gasteiger partial charge in [0.2, 0.25) is 0 Å². The molecule has 0 spiro atoms. The number of ether oxygens (including phenoxy) is 2. The number of carbonyl (C=O) groups is 1. The van der Waals surface area contributed by atoms with Crippen LogP contribution in [-0.4, -0.2) is 51.9 Å². The molecule has 1 saturated heterocycles. The second kappa shape index (κ2) is 8.13. The average molecular weight is 347 g/mol. The predicted molar refractivity (Wildman–Crippen MR) is 92.1 cm³/mol. The standard InChI is InChI=1S/C18H22N2O5/c1-13-10-18(22)25-16-11-14(2-3-15(13)16)24-12-17(21)19-4-5-20-6-8-23-9-7-20/h2-3,10-11H,4-9,12H2,1H3,(H,19,21)/p+1. The van der Waals surface area contributed by atoms with Gasteiger partial charge in [-0.3, -0.25) is 4.79 Å². The van der Waals surface area contributed by atoms with E-state index in [-0.39, 0.29) is 12.5 Å². The summed E-state index contributed by atoms with van der Waals surface area (Å²) >= 11 is 0. The van der Waals surface area contributed by atoms with Crippen molar-refractivity contribution in [2.45, 2.75) is 6.92 Å². The summed E-state index contributed by atoms with van der Waals surface area (Å²) in [6.45, 7) is 6.80. The van der Waals surface area contributed by atoms with Gasteiger partial charge in [-0.05, 0) is 24.6 Å². The van der Waals surface area contributed by atoms with Crippen molar-refractivity contribution in [1.82, 2.24) is 5.32 Å². The predicted octanol–water partition coefficient (Wildman–Crippen LogP) is -0.488. The monoisotopic (exact) mass is 347 g/mol. The van der Waals surface area contributed by atoms with E-state index in [1.807, 2.05) is 13.0 Å². The number of rotatable bonds is 6. The minimum atomic E-state index is -0.398. The average Bonchev–Trinajstić information content (AvgIpc) is 2.60. The Balaban J connectivity index is 1.48. The maximum Gasteiger partial charge on any atom is 0.336 e. The molecule has 0 unspecified atom stereocenters. The molecule has 134 valence electrons. The van der Waals surface area contributed by atoms with Gasteiger partial charge in [0.15, 0.2) is 6.61 Å². The van der Waals surface area contributed by atoms with Crippen LogP contribution in [0.15, 0.2) is 33.5 Å². The fourth-order valence-corrected chi connectivity index (χ4v) is 2.88. The Bertz CT molecular complexity index is 796. The van der Waals surface area contributed by atoms with Crippen LogP contribution in [0.2, 0.25) is 0 Å². The summed E-state index contributed by atoms with van der Waals surface area (Å²) in [6.07, 6.45) is 0. The number of benzene rings is 1. The molecule has 0 saturated carbocycles. The van der Waals surface area contributed by atoms with Crippen molar-refractivity contribution < 1.29 is 23.6 Å². The molecule has 1 aliphatic heterocycles. The summed E-state index contributed by atoms with van der Waals surface area (Å²) in [5.74, 6) is 0.327. The molecule has 25 heavy (non-hydrogen) atoms. The van der Waals surface area contributed by atoms with Crippen LogP contribution in [0, 0.1) is 6.92 Å². The van der Waals surface area contributed by atoms with E-state index in [4.69, 9.17) is 13.9 Å². The van der Waals surface area contributed by atoms with Gasteiger partial charge in [-0.1, -0.05) is 0 Å². The van der Waals surface area contributed by atoms with Crippen molar-refractivity contribution in [2.24, 2.45) is 0 Å². The summed E-state index contributed by atoms with van der Waals surface area (Å²) < 4.78 is 16.0. The lowest BCUT2D eigenvalue weighted by Gasteiger charge is -2.23. The van der Waals surface area contributed by atoms with Crippen molar-refractivity contribution in [1.29, 1.82) is 0 Å². The molecular weight excluding hydrogens is 324 g/mol. The van der Waals surface area contributed by atoms with E-state index >= 15 is 0 Å². The highest BCUT2D eigenvalue weighted by Crippen LogP contribution is 2.22. The molecule has 0 aliphatic carbocycles. The number of hydrogen-bond acceptors (Lipinski definition) is 5. The molecule has 2 N–H and O–H groups in total. The summed E-state index contributed by atoms with van der Waals surface area (Å²) in [5.41, 5.74) is 0.908. The van der Waals surface area contributed by atoms with Gasteiger partial charge in [-0.25, -0.2) is 4.79 Å². The molecule has 3 rings (SSSR count). The minimum Gasteiger partial charge on any atom is -0.484 e. The Morgan fingerprint density at radius 1 is 1.28 bits per heavy atom.